The monoisotopic (exact) mass is 397 g/mol. The third kappa shape index (κ3) is 3.25. The average Bonchev–Trinajstić information content (AvgIpc) is 3.15. The lowest BCUT2D eigenvalue weighted by Gasteiger charge is -2.27. The highest BCUT2D eigenvalue weighted by Gasteiger charge is 2.20. The first-order valence-corrected chi connectivity index (χ1v) is 9.77. The maximum atomic E-state index is 9.29. The summed E-state index contributed by atoms with van der Waals surface area (Å²) >= 11 is 0. The zero-order valence-corrected chi connectivity index (χ0v) is 16.5. The van der Waals surface area contributed by atoms with Crippen LogP contribution in [0.25, 0.3) is 28.4 Å². The molecule has 0 N–H and O–H groups in total. The van der Waals surface area contributed by atoms with Gasteiger partial charge in [-0.15, -0.1) is 0 Å². The van der Waals surface area contributed by atoms with Crippen LogP contribution >= 0.6 is 0 Å². The van der Waals surface area contributed by atoms with E-state index < -0.39 is 0 Å². The molecule has 0 amide bonds. The number of fused-ring (bicyclic) bond motifs is 1. The van der Waals surface area contributed by atoms with E-state index in [-0.39, 0.29) is 0 Å². The highest BCUT2D eigenvalue weighted by molar-refractivity contribution is 5.77. The Balaban J connectivity index is 1.72. The standard InChI is InChI=1S/C22H19N7O/c1-15-24-18-7-2-3-8-19(18)29(15)22-26-20(17-6-4-5-16(13-17)14-23)25-21(27-22)28-9-11-30-12-10-28/h2-8,13H,9-12H2,1H3. The first-order valence-electron chi connectivity index (χ1n) is 9.77. The second-order valence-corrected chi connectivity index (χ2v) is 7.03. The molecule has 0 radical (unpaired) electrons. The second kappa shape index (κ2) is 7.54. The van der Waals surface area contributed by atoms with Crippen LogP contribution in [-0.2, 0) is 4.74 Å². The molecule has 1 saturated heterocycles. The largest absolute Gasteiger partial charge is 0.378 e. The van der Waals surface area contributed by atoms with Gasteiger partial charge in [-0.1, -0.05) is 24.3 Å². The molecule has 0 unspecified atom stereocenters. The third-order valence-corrected chi connectivity index (χ3v) is 5.08. The number of ether oxygens (including phenoxy) is 1. The first kappa shape index (κ1) is 18.2. The minimum Gasteiger partial charge on any atom is -0.378 e. The first-order chi connectivity index (χ1) is 14.7. The lowest BCUT2D eigenvalue weighted by Crippen LogP contribution is -2.37. The molecule has 148 valence electrons. The SMILES string of the molecule is Cc1nc2ccccc2n1-c1nc(-c2cccc(C#N)c2)nc(N2CCOCC2)n1. The highest BCUT2D eigenvalue weighted by Crippen LogP contribution is 2.24. The molecule has 4 aromatic rings. The summed E-state index contributed by atoms with van der Waals surface area (Å²) in [4.78, 5) is 21.0. The molecular formula is C22H19N7O. The summed E-state index contributed by atoms with van der Waals surface area (Å²) in [5, 5.41) is 9.29. The van der Waals surface area contributed by atoms with E-state index in [9.17, 15) is 5.26 Å². The van der Waals surface area contributed by atoms with E-state index in [1.807, 2.05) is 47.9 Å². The van der Waals surface area contributed by atoms with E-state index >= 15 is 0 Å². The minimum absolute atomic E-state index is 0.509. The number of aromatic nitrogens is 5. The van der Waals surface area contributed by atoms with Crippen LogP contribution in [0.2, 0.25) is 0 Å². The van der Waals surface area contributed by atoms with E-state index in [0.29, 0.717) is 49.6 Å². The summed E-state index contributed by atoms with van der Waals surface area (Å²) in [6.07, 6.45) is 0. The van der Waals surface area contributed by atoms with Gasteiger partial charge in [0.15, 0.2) is 5.82 Å². The quantitative estimate of drug-likeness (QED) is 0.525. The molecular weight excluding hydrogens is 378 g/mol. The van der Waals surface area contributed by atoms with Crippen molar-refractivity contribution in [1.82, 2.24) is 24.5 Å². The zero-order chi connectivity index (χ0) is 20.5. The zero-order valence-electron chi connectivity index (χ0n) is 16.5. The van der Waals surface area contributed by atoms with Crippen molar-refractivity contribution in [1.29, 1.82) is 5.26 Å². The van der Waals surface area contributed by atoms with Gasteiger partial charge in [-0.3, -0.25) is 4.57 Å². The van der Waals surface area contributed by atoms with Gasteiger partial charge < -0.3 is 9.64 Å². The predicted molar refractivity (Wildman–Crippen MR) is 112 cm³/mol. The number of hydrogen-bond donors (Lipinski definition) is 0. The summed E-state index contributed by atoms with van der Waals surface area (Å²) in [6, 6.07) is 17.4. The fourth-order valence-corrected chi connectivity index (χ4v) is 3.61. The van der Waals surface area contributed by atoms with Gasteiger partial charge in [0.25, 0.3) is 0 Å². The summed E-state index contributed by atoms with van der Waals surface area (Å²) in [6.45, 7) is 4.63. The Morgan fingerprint density at radius 1 is 0.933 bits per heavy atom. The molecule has 2 aromatic carbocycles. The Kier molecular flexibility index (Phi) is 4.58. The van der Waals surface area contributed by atoms with Crippen LogP contribution in [0, 0.1) is 18.3 Å². The summed E-state index contributed by atoms with van der Waals surface area (Å²) < 4.78 is 7.42. The molecule has 1 fully saturated rings. The van der Waals surface area contributed by atoms with Gasteiger partial charge in [0, 0.05) is 18.7 Å². The van der Waals surface area contributed by atoms with E-state index in [2.05, 4.69) is 16.0 Å². The fourth-order valence-electron chi connectivity index (χ4n) is 3.61. The maximum Gasteiger partial charge on any atom is 0.241 e. The lowest BCUT2D eigenvalue weighted by molar-refractivity contribution is 0.122. The Bertz CT molecular complexity index is 1270. The summed E-state index contributed by atoms with van der Waals surface area (Å²) in [5.74, 6) is 2.43. The third-order valence-electron chi connectivity index (χ3n) is 5.08. The molecule has 1 aliphatic heterocycles. The van der Waals surface area contributed by atoms with E-state index in [1.54, 1.807) is 12.1 Å². The van der Waals surface area contributed by atoms with Crippen LogP contribution in [0.4, 0.5) is 5.95 Å². The van der Waals surface area contributed by atoms with Gasteiger partial charge in [0.2, 0.25) is 11.9 Å². The second-order valence-electron chi connectivity index (χ2n) is 7.03. The molecule has 30 heavy (non-hydrogen) atoms. The van der Waals surface area contributed by atoms with Crippen LogP contribution in [0.1, 0.15) is 11.4 Å². The molecule has 0 atom stereocenters. The number of hydrogen-bond acceptors (Lipinski definition) is 7. The summed E-state index contributed by atoms with van der Waals surface area (Å²) in [7, 11) is 0. The molecule has 0 saturated carbocycles. The van der Waals surface area contributed by atoms with E-state index in [0.717, 1.165) is 22.4 Å². The van der Waals surface area contributed by atoms with Crippen molar-refractivity contribution in [2.75, 3.05) is 31.2 Å². The van der Waals surface area contributed by atoms with Crippen molar-refractivity contribution in [3.05, 3.63) is 59.9 Å². The van der Waals surface area contributed by atoms with Crippen molar-refractivity contribution < 1.29 is 4.74 Å². The Morgan fingerprint density at radius 3 is 2.57 bits per heavy atom. The van der Waals surface area contributed by atoms with Crippen LogP contribution < -0.4 is 4.90 Å². The number of morpholine rings is 1. The number of nitrogens with zero attached hydrogens (tertiary/aromatic N) is 7. The highest BCUT2D eigenvalue weighted by atomic mass is 16.5. The minimum atomic E-state index is 0.509. The number of imidazole rings is 1. The van der Waals surface area contributed by atoms with Gasteiger partial charge in [0.1, 0.15) is 5.82 Å². The van der Waals surface area contributed by atoms with Crippen molar-refractivity contribution in [2.24, 2.45) is 0 Å². The topological polar surface area (TPSA) is 92.8 Å². The number of aryl methyl sites for hydroxylation is 1. The molecule has 0 bridgehead atoms. The number of anilines is 1. The number of rotatable bonds is 3. The molecule has 8 nitrogen and oxygen atoms in total. The van der Waals surface area contributed by atoms with Crippen molar-refractivity contribution in [3.63, 3.8) is 0 Å². The Hall–Kier alpha value is -3.83. The molecule has 0 aliphatic carbocycles. The van der Waals surface area contributed by atoms with Crippen molar-refractivity contribution >= 4 is 17.0 Å². The van der Waals surface area contributed by atoms with Crippen LogP contribution in [0.15, 0.2) is 48.5 Å². The van der Waals surface area contributed by atoms with Gasteiger partial charge >= 0.3 is 0 Å². The fraction of sp³-hybridized carbons (Fsp3) is 0.227. The van der Waals surface area contributed by atoms with E-state index in [4.69, 9.17) is 19.7 Å². The average molecular weight is 397 g/mol. The normalized spacial score (nSPS) is 14.1. The Labute approximate surface area is 173 Å². The van der Waals surface area contributed by atoms with Gasteiger partial charge in [-0.05, 0) is 31.2 Å². The number of para-hydroxylation sites is 2. The van der Waals surface area contributed by atoms with Crippen molar-refractivity contribution in [3.8, 4) is 23.4 Å². The molecule has 0 spiro atoms. The molecule has 3 heterocycles. The Morgan fingerprint density at radius 2 is 1.73 bits per heavy atom. The number of benzene rings is 2. The van der Waals surface area contributed by atoms with Gasteiger partial charge in [-0.25, -0.2) is 4.98 Å². The van der Waals surface area contributed by atoms with Crippen LogP contribution in [0.5, 0.6) is 0 Å². The molecule has 2 aromatic heterocycles. The van der Waals surface area contributed by atoms with Gasteiger partial charge in [-0.2, -0.15) is 20.2 Å². The maximum absolute atomic E-state index is 9.29. The lowest BCUT2D eigenvalue weighted by atomic mass is 10.1. The predicted octanol–water partition coefficient (Wildman–Crippen LogP) is 2.89. The summed E-state index contributed by atoms with van der Waals surface area (Å²) in [5.41, 5.74) is 3.16. The molecule has 5 rings (SSSR count). The molecule has 8 heteroatoms. The number of nitriles is 1. The van der Waals surface area contributed by atoms with E-state index in [1.165, 1.54) is 0 Å². The van der Waals surface area contributed by atoms with Crippen LogP contribution in [-0.4, -0.2) is 50.8 Å². The molecule has 1 aliphatic rings. The van der Waals surface area contributed by atoms with Crippen molar-refractivity contribution in [2.45, 2.75) is 6.92 Å². The van der Waals surface area contributed by atoms with Crippen LogP contribution in [0.3, 0.4) is 0 Å². The van der Waals surface area contributed by atoms with Gasteiger partial charge in [0.05, 0.1) is 35.9 Å². The smallest absolute Gasteiger partial charge is 0.241 e.